The minimum absolute atomic E-state index is 0.595. The van der Waals surface area contributed by atoms with E-state index in [4.69, 9.17) is 4.52 Å². The topological polar surface area (TPSA) is 54.2 Å². The van der Waals surface area contributed by atoms with E-state index in [0.29, 0.717) is 17.9 Å². The van der Waals surface area contributed by atoms with Gasteiger partial charge in [0.25, 0.3) is 5.95 Å². The highest BCUT2D eigenvalue weighted by molar-refractivity contribution is 5.25. The summed E-state index contributed by atoms with van der Waals surface area (Å²) >= 11 is 0. The zero-order valence-corrected chi connectivity index (χ0v) is 11.6. The predicted octanol–water partition coefficient (Wildman–Crippen LogP) is 1.85. The Kier molecular flexibility index (Phi) is 4.58. The van der Waals surface area contributed by atoms with Gasteiger partial charge in [0.2, 0.25) is 5.89 Å². The quantitative estimate of drug-likeness (QED) is 0.866. The van der Waals surface area contributed by atoms with Gasteiger partial charge in [-0.05, 0) is 37.9 Å². The molecule has 2 unspecified atom stereocenters. The molecule has 0 spiro atoms. The second-order valence-electron chi connectivity index (χ2n) is 5.15. The van der Waals surface area contributed by atoms with E-state index in [-0.39, 0.29) is 0 Å². The zero-order valence-electron chi connectivity index (χ0n) is 11.6. The van der Waals surface area contributed by atoms with E-state index in [1.165, 1.54) is 25.7 Å². The fraction of sp³-hybridized carbons (Fsp3) is 0.846. The summed E-state index contributed by atoms with van der Waals surface area (Å²) in [5.41, 5.74) is 0. The standard InChI is InChI=1S/C13H24N4O/c1-4-17(3)13-15-12(18-16-13)9-10-7-5-6-8-11(10)14-2/h10-11,14H,4-9H2,1-3H3. The smallest absolute Gasteiger partial charge is 0.265 e. The van der Waals surface area contributed by atoms with Gasteiger partial charge in [0.05, 0.1) is 0 Å². The van der Waals surface area contributed by atoms with Crippen LogP contribution in [-0.2, 0) is 6.42 Å². The molecular formula is C13H24N4O. The molecule has 1 aromatic rings. The highest BCUT2D eigenvalue weighted by Gasteiger charge is 2.26. The molecule has 5 nitrogen and oxygen atoms in total. The van der Waals surface area contributed by atoms with E-state index in [0.717, 1.165) is 18.9 Å². The van der Waals surface area contributed by atoms with Crippen molar-refractivity contribution in [1.29, 1.82) is 0 Å². The van der Waals surface area contributed by atoms with Gasteiger partial charge in [-0.1, -0.05) is 12.8 Å². The normalized spacial score (nSPS) is 24.2. The molecule has 2 atom stereocenters. The molecule has 0 saturated heterocycles. The van der Waals surface area contributed by atoms with Crippen LogP contribution in [0.2, 0.25) is 0 Å². The maximum atomic E-state index is 5.35. The van der Waals surface area contributed by atoms with Crippen LogP contribution >= 0.6 is 0 Å². The van der Waals surface area contributed by atoms with E-state index in [9.17, 15) is 0 Å². The molecule has 1 fully saturated rings. The molecule has 0 radical (unpaired) electrons. The van der Waals surface area contributed by atoms with E-state index >= 15 is 0 Å². The largest absolute Gasteiger partial charge is 0.342 e. The molecule has 1 saturated carbocycles. The Balaban J connectivity index is 1.97. The monoisotopic (exact) mass is 252 g/mol. The Hall–Kier alpha value is -1.10. The third-order valence-electron chi connectivity index (χ3n) is 3.99. The van der Waals surface area contributed by atoms with Gasteiger partial charge in [0.1, 0.15) is 0 Å². The molecule has 1 heterocycles. The fourth-order valence-electron chi connectivity index (χ4n) is 2.68. The summed E-state index contributed by atoms with van der Waals surface area (Å²) in [7, 11) is 4.03. The van der Waals surface area contributed by atoms with Gasteiger partial charge >= 0.3 is 0 Å². The highest BCUT2D eigenvalue weighted by Crippen LogP contribution is 2.27. The Bertz CT molecular complexity index is 366. The summed E-state index contributed by atoms with van der Waals surface area (Å²) in [6.07, 6.45) is 6.06. The van der Waals surface area contributed by atoms with Crippen LogP contribution in [0, 0.1) is 5.92 Å². The lowest BCUT2D eigenvalue weighted by Gasteiger charge is -2.30. The average molecular weight is 252 g/mol. The highest BCUT2D eigenvalue weighted by atomic mass is 16.5. The van der Waals surface area contributed by atoms with E-state index in [1.54, 1.807) is 0 Å². The molecule has 2 rings (SSSR count). The van der Waals surface area contributed by atoms with Crippen molar-refractivity contribution in [2.45, 2.75) is 45.1 Å². The van der Waals surface area contributed by atoms with Crippen LogP contribution < -0.4 is 10.2 Å². The average Bonchev–Trinajstić information content (AvgIpc) is 2.87. The number of hydrogen-bond acceptors (Lipinski definition) is 5. The van der Waals surface area contributed by atoms with Crippen molar-refractivity contribution in [2.24, 2.45) is 5.92 Å². The summed E-state index contributed by atoms with van der Waals surface area (Å²) in [5.74, 6) is 2.10. The van der Waals surface area contributed by atoms with E-state index in [2.05, 4.69) is 22.4 Å². The van der Waals surface area contributed by atoms with Gasteiger partial charge in [-0.2, -0.15) is 4.98 Å². The maximum Gasteiger partial charge on any atom is 0.265 e. The van der Waals surface area contributed by atoms with Crippen LogP contribution in [0.4, 0.5) is 5.95 Å². The minimum atomic E-state index is 0.595. The summed E-state index contributed by atoms with van der Waals surface area (Å²) in [6, 6.07) is 0.595. The second-order valence-corrected chi connectivity index (χ2v) is 5.15. The molecule has 0 bridgehead atoms. The van der Waals surface area contributed by atoms with E-state index in [1.807, 2.05) is 19.0 Å². The first kappa shape index (κ1) is 13.3. The van der Waals surface area contributed by atoms with Crippen LogP contribution in [-0.4, -0.2) is 36.8 Å². The number of hydrogen-bond donors (Lipinski definition) is 1. The molecule has 102 valence electrons. The number of anilines is 1. The molecule has 1 aromatic heterocycles. The summed E-state index contributed by atoms with van der Waals surface area (Å²) in [6.45, 7) is 2.97. The first-order valence-electron chi connectivity index (χ1n) is 6.95. The van der Waals surface area contributed by atoms with Crippen LogP contribution in [0.15, 0.2) is 4.52 Å². The molecule has 1 aliphatic carbocycles. The number of nitrogens with one attached hydrogen (secondary N) is 1. The number of aromatic nitrogens is 2. The molecule has 1 N–H and O–H groups in total. The number of rotatable bonds is 5. The summed E-state index contributed by atoms with van der Waals surface area (Å²) in [4.78, 5) is 6.45. The van der Waals surface area contributed by atoms with Crippen LogP contribution in [0.25, 0.3) is 0 Å². The minimum Gasteiger partial charge on any atom is -0.342 e. The lowest BCUT2D eigenvalue weighted by molar-refractivity contribution is 0.248. The van der Waals surface area contributed by atoms with E-state index < -0.39 is 0 Å². The fourth-order valence-corrected chi connectivity index (χ4v) is 2.68. The lowest BCUT2D eigenvalue weighted by Crippen LogP contribution is -2.37. The molecule has 0 aromatic carbocycles. The van der Waals surface area contributed by atoms with Gasteiger partial charge in [0.15, 0.2) is 0 Å². The van der Waals surface area contributed by atoms with Crippen molar-refractivity contribution >= 4 is 5.95 Å². The van der Waals surface area contributed by atoms with Gasteiger partial charge in [0, 0.05) is 26.1 Å². The Morgan fingerprint density at radius 3 is 2.89 bits per heavy atom. The van der Waals surface area contributed by atoms with Gasteiger partial charge < -0.3 is 14.7 Å². The molecule has 0 aliphatic heterocycles. The van der Waals surface area contributed by atoms with Crippen LogP contribution in [0.3, 0.4) is 0 Å². The zero-order chi connectivity index (χ0) is 13.0. The van der Waals surface area contributed by atoms with Gasteiger partial charge in [-0.25, -0.2) is 0 Å². The Morgan fingerprint density at radius 1 is 1.39 bits per heavy atom. The second kappa shape index (κ2) is 6.18. The third-order valence-corrected chi connectivity index (χ3v) is 3.99. The summed E-state index contributed by atoms with van der Waals surface area (Å²) < 4.78 is 5.35. The van der Waals surface area contributed by atoms with Gasteiger partial charge in [-0.3, -0.25) is 0 Å². The van der Waals surface area contributed by atoms with Crippen molar-refractivity contribution in [3.63, 3.8) is 0 Å². The number of nitrogens with zero attached hydrogens (tertiary/aromatic N) is 3. The van der Waals surface area contributed by atoms with Gasteiger partial charge in [-0.15, -0.1) is 0 Å². The van der Waals surface area contributed by atoms with Crippen molar-refractivity contribution < 1.29 is 4.52 Å². The van der Waals surface area contributed by atoms with Crippen molar-refractivity contribution in [3.8, 4) is 0 Å². The molecule has 18 heavy (non-hydrogen) atoms. The van der Waals surface area contributed by atoms with Crippen LogP contribution in [0.1, 0.15) is 38.5 Å². The Morgan fingerprint density at radius 2 is 2.17 bits per heavy atom. The third kappa shape index (κ3) is 3.02. The molecule has 5 heteroatoms. The first-order chi connectivity index (χ1) is 8.74. The summed E-state index contributed by atoms with van der Waals surface area (Å²) in [5, 5.41) is 7.44. The molecule has 0 amide bonds. The van der Waals surface area contributed by atoms with Crippen molar-refractivity contribution in [1.82, 2.24) is 15.5 Å². The first-order valence-corrected chi connectivity index (χ1v) is 6.95. The lowest BCUT2D eigenvalue weighted by atomic mass is 9.82. The van der Waals surface area contributed by atoms with Crippen LogP contribution in [0.5, 0.6) is 0 Å². The SMILES string of the molecule is CCN(C)c1noc(CC2CCCCC2NC)n1. The molecule has 1 aliphatic rings. The van der Waals surface area contributed by atoms with Crippen molar-refractivity contribution in [2.75, 3.05) is 25.5 Å². The molecular weight excluding hydrogens is 228 g/mol. The maximum absolute atomic E-state index is 5.35. The predicted molar refractivity (Wildman–Crippen MR) is 71.8 cm³/mol. The van der Waals surface area contributed by atoms with Crippen molar-refractivity contribution in [3.05, 3.63) is 5.89 Å². The Labute approximate surface area is 109 Å².